The van der Waals surface area contributed by atoms with Crippen LogP contribution in [0.5, 0.6) is 0 Å². The van der Waals surface area contributed by atoms with Crippen LogP contribution in [0.4, 0.5) is 0 Å². The lowest BCUT2D eigenvalue weighted by molar-refractivity contribution is 0.0924. The Labute approximate surface area is 124 Å². The first-order valence-electron chi connectivity index (χ1n) is 7.43. The average molecular weight is 284 g/mol. The third-order valence-corrected chi connectivity index (χ3v) is 3.96. The van der Waals surface area contributed by atoms with Crippen molar-refractivity contribution in [1.82, 2.24) is 9.88 Å². The van der Waals surface area contributed by atoms with E-state index in [2.05, 4.69) is 5.32 Å². The molecule has 1 unspecified atom stereocenters. The number of aromatic nitrogens is 1. The van der Waals surface area contributed by atoms with Gasteiger partial charge in [0.25, 0.3) is 5.91 Å². The molecule has 4 heteroatoms. The predicted octanol–water partition coefficient (Wildman–Crippen LogP) is 2.37. The van der Waals surface area contributed by atoms with Crippen molar-refractivity contribution in [1.29, 1.82) is 0 Å². The van der Waals surface area contributed by atoms with Gasteiger partial charge in [0.05, 0.1) is 0 Å². The number of aliphatic hydroxyl groups excluding tert-OH is 1. The molecule has 0 aliphatic heterocycles. The van der Waals surface area contributed by atoms with E-state index in [0.29, 0.717) is 17.9 Å². The summed E-state index contributed by atoms with van der Waals surface area (Å²) in [5, 5.41) is 12.2. The molecule has 0 saturated heterocycles. The van der Waals surface area contributed by atoms with Gasteiger partial charge in [0, 0.05) is 36.3 Å². The van der Waals surface area contributed by atoms with Crippen molar-refractivity contribution >= 4 is 5.91 Å². The molecule has 2 aromatic rings. The number of nitrogens with zero attached hydrogens (tertiary/aromatic N) is 1. The summed E-state index contributed by atoms with van der Waals surface area (Å²) in [6.45, 7) is 0.116. The molecule has 2 N–H and O–H groups in total. The first kappa shape index (κ1) is 13.9. The minimum atomic E-state index is -0.0608. The number of benzene rings is 1. The van der Waals surface area contributed by atoms with E-state index in [1.165, 1.54) is 0 Å². The summed E-state index contributed by atoms with van der Waals surface area (Å²) >= 11 is 0. The zero-order valence-corrected chi connectivity index (χ0v) is 11.9. The second-order valence-corrected chi connectivity index (χ2v) is 5.57. The summed E-state index contributed by atoms with van der Waals surface area (Å²) in [4.78, 5) is 12.4. The Hall–Kier alpha value is -2.07. The largest absolute Gasteiger partial charge is 0.396 e. The summed E-state index contributed by atoms with van der Waals surface area (Å²) in [6.07, 6.45) is 6.84. The highest BCUT2D eigenvalue weighted by Crippen LogP contribution is 2.34. The van der Waals surface area contributed by atoms with Crippen molar-refractivity contribution in [3.05, 3.63) is 54.4 Å². The van der Waals surface area contributed by atoms with Crippen molar-refractivity contribution < 1.29 is 9.90 Å². The van der Waals surface area contributed by atoms with Gasteiger partial charge < -0.3 is 15.0 Å². The molecule has 21 heavy (non-hydrogen) atoms. The van der Waals surface area contributed by atoms with Crippen LogP contribution < -0.4 is 5.32 Å². The number of nitrogens with one attached hydrogen (secondary N) is 1. The summed E-state index contributed by atoms with van der Waals surface area (Å²) in [5.74, 6) is 0.475. The molecule has 1 heterocycles. The Morgan fingerprint density at radius 1 is 1.29 bits per heavy atom. The number of carbonyl (C=O) groups is 1. The highest BCUT2D eigenvalue weighted by Gasteiger charge is 2.31. The minimum Gasteiger partial charge on any atom is -0.396 e. The average Bonchev–Trinajstić information content (AvgIpc) is 3.21. The van der Waals surface area contributed by atoms with Crippen LogP contribution >= 0.6 is 0 Å². The summed E-state index contributed by atoms with van der Waals surface area (Å²) in [6, 6.07) is 11.6. The van der Waals surface area contributed by atoms with Crippen molar-refractivity contribution in [3.8, 4) is 5.69 Å². The zero-order valence-electron chi connectivity index (χ0n) is 11.9. The van der Waals surface area contributed by atoms with E-state index in [1.54, 1.807) is 0 Å². The van der Waals surface area contributed by atoms with Crippen LogP contribution in [0.1, 0.15) is 29.6 Å². The lowest BCUT2D eigenvalue weighted by Crippen LogP contribution is -2.37. The molecule has 0 spiro atoms. The Bertz CT molecular complexity index is 603. The summed E-state index contributed by atoms with van der Waals surface area (Å²) < 4.78 is 1.98. The zero-order chi connectivity index (χ0) is 14.7. The van der Waals surface area contributed by atoms with Crippen molar-refractivity contribution in [2.24, 2.45) is 5.92 Å². The number of aliphatic hydroxyl groups is 1. The predicted molar refractivity (Wildman–Crippen MR) is 81.5 cm³/mol. The standard InChI is InChI=1S/C17H20N2O2/c20-11-8-16(13-6-7-13)18-17(21)14-4-3-5-15(12-14)19-9-1-2-10-19/h1-5,9-10,12-13,16,20H,6-8,11H2,(H,18,21). The Morgan fingerprint density at radius 2 is 2.05 bits per heavy atom. The second-order valence-electron chi connectivity index (χ2n) is 5.57. The molecule has 1 saturated carbocycles. The highest BCUT2D eigenvalue weighted by atomic mass is 16.3. The quantitative estimate of drug-likeness (QED) is 0.855. The second kappa shape index (κ2) is 6.14. The van der Waals surface area contributed by atoms with Gasteiger partial charge in [-0.05, 0) is 55.5 Å². The molecule has 110 valence electrons. The number of hydrogen-bond acceptors (Lipinski definition) is 2. The van der Waals surface area contributed by atoms with Crippen LogP contribution in [0.2, 0.25) is 0 Å². The van der Waals surface area contributed by atoms with Gasteiger partial charge in [0.1, 0.15) is 0 Å². The summed E-state index contributed by atoms with van der Waals surface area (Å²) in [7, 11) is 0. The number of hydrogen-bond donors (Lipinski definition) is 2. The van der Waals surface area contributed by atoms with Gasteiger partial charge in [-0.3, -0.25) is 4.79 Å². The van der Waals surface area contributed by atoms with E-state index >= 15 is 0 Å². The lowest BCUT2D eigenvalue weighted by Gasteiger charge is -2.17. The molecule has 0 bridgehead atoms. The van der Waals surface area contributed by atoms with Crippen LogP contribution in [-0.2, 0) is 0 Å². The molecule has 1 amide bonds. The van der Waals surface area contributed by atoms with E-state index in [1.807, 2.05) is 53.4 Å². The van der Waals surface area contributed by atoms with Crippen LogP contribution in [0.3, 0.4) is 0 Å². The van der Waals surface area contributed by atoms with Gasteiger partial charge in [0.15, 0.2) is 0 Å². The molecule has 1 aromatic carbocycles. The fourth-order valence-electron chi connectivity index (χ4n) is 2.63. The fraction of sp³-hybridized carbons (Fsp3) is 0.353. The van der Waals surface area contributed by atoms with E-state index in [9.17, 15) is 4.79 Å². The molecule has 4 nitrogen and oxygen atoms in total. The van der Waals surface area contributed by atoms with Crippen molar-refractivity contribution in [3.63, 3.8) is 0 Å². The van der Waals surface area contributed by atoms with Gasteiger partial charge >= 0.3 is 0 Å². The van der Waals surface area contributed by atoms with Crippen LogP contribution in [0.15, 0.2) is 48.8 Å². The maximum atomic E-state index is 12.4. The Balaban J connectivity index is 1.73. The molecule has 1 aromatic heterocycles. The third kappa shape index (κ3) is 3.34. The van der Waals surface area contributed by atoms with Gasteiger partial charge in [-0.15, -0.1) is 0 Å². The maximum Gasteiger partial charge on any atom is 0.251 e. The fourth-order valence-corrected chi connectivity index (χ4v) is 2.63. The molecular formula is C17H20N2O2. The normalized spacial score (nSPS) is 15.7. The number of rotatable bonds is 6. The van der Waals surface area contributed by atoms with Crippen LogP contribution in [0.25, 0.3) is 5.69 Å². The first-order chi connectivity index (χ1) is 10.3. The smallest absolute Gasteiger partial charge is 0.251 e. The van der Waals surface area contributed by atoms with E-state index < -0.39 is 0 Å². The number of carbonyl (C=O) groups excluding carboxylic acids is 1. The van der Waals surface area contributed by atoms with Crippen molar-refractivity contribution in [2.45, 2.75) is 25.3 Å². The van der Waals surface area contributed by atoms with E-state index in [0.717, 1.165) is 18.5 Å². The Kier molecular flexibility index (Phi) is 4.06. The van der Waals surface area contributed by atoms with E-state index in [4.69, 9.17) is 5.11 Å². The molecule has 1 fully saturated rings. The lowest BCUT2D eigenvalue weighted by atomic mass is 10.1. The first-order valence-corrected chi connectivity index (χ1v) is 7.43. The van der Waals surface area contributed by atoms with Gasteiger partial charge in [-0.1, -0.05) is 6.07 Å². The highest BCUT2D eigenvalue weighted by molar-refractivity contribution is 5.95. The van der Waals surface area contributed by atoms with E-state index in [-0.39, 0.29) is 18.6 Å². The number of amides is 1. The third-order valence-electron chi connectivity index (χ3n) is 3.96. The van der Waals surface area contributed by atoms with Gasteiger partial charge in [-0.2, -0.15) is 0 Å². The SMILES string of the molecule is O=C(NC(CCO)C1CC1)c1cccc(-n2cccc2)c1. The van der Waals surface area contributed by atoms with Crippen LogP contribution in [0, 0.1) is 5.92 Å². The van der Waals surface area contributed by atoms with Gasteiger partial charge in [-0.25, -0.2) is 0 Å². The molecule has 3 rings (SSSR count). The monoisotopic (exact) mass is 284 g/mol. The molecule has 1 aliphatic carbocycles. The van der Waals surface area contributed by atoms with Crippen LogP contribution in [-0.4, -0.2) is 28.2 Å². The molecule has 0 radical (unpaired) electrons. The molecular weight excluding hydrogens is 264 g/mol. The van der Waals surface area contributed by atoms with Gasteiger partial charge in [0.2, 0.25) is 0 Å². The summed E-state index contributed by atoms with van der Waals surface area (Å²) in [5.41, 5.74) is 1.63. The molecule has 1 atom stereocenters. The maximum absolute atomic E-state index is 12.4. The Morgan fingerprint density at radius 3 is 2.71 bits per heavy atom. The topological polar surface area (TPSA) is 54.3 Å². The molecule has 1 aliphatic rings. The van der Waals surface area contributed by atoms with Crippen molar-refractivity contribution in [2.75, 3.05) is 6.61 Å². The minimum absolute atomic E-state index is 0.0608.